The number of methoxy groups -OCH3 is 2. The number of aryl methyl sites for hydroxylation is 1. The molecule has 0 N–H and O–H groups in total. The number of halogens is 1. The Labute approximate surface area is 112 Å². The van der Waals surface area contributed by atoms with E-state index in [1.807, 2.05) is 12.1 Å². The molecule has 96 valence electrons. The lowest BCUT2D eigenvalue weighted by atomic mass is 10.0. The predicted molar refractivity (Wildman–Crippen MR) is 74.4 cm³/mol. The highest BCUT2D eigenvalue weighted by molar-refractivity contribution is 9.09. The van der Waals surface area contributed by atoms with E-state index in [1.54, 1.807) is 14.2 Å². The second-order valence-electron chi connectivity index (χ2n) is 4.07. The van der Waals surface area contributed by atoms with Crippen LogP contribution in [0.2, 0.25) is 0 Å². The molecule has 0 saturated carbocycles. The van der Waals surface area contributed by atoms with Crippen molar-refractivity contribution < 1.29 is 9.47 Å². The van der Waals surface area contributed by atoms with Crippen molar-refractivity contribution in [1.29, 1.82) is 0 Å². The van der Waals surface area contributed by atoms with Gasteiger partial charge >= 0.3 is 0 Å². The van der Waals surface area contributed by atoms with Crippen LogP contribution in [0.1, 0.15) is 11.1 Å². The van der Waals surface area contributed by atoms with Gasteiger partial charge in [-0.3, -0.25) is 4.90 Å². The number of hydrogen-bond acceptors (Lipinski definition) is 3. The molecule has 0 aliphatic rings. The van der Waals surface area contributed by atoms with Crippen LogP contribution in [-0.2, 0) is 6.42 Å². The van der Waals surface area contributed by atoms with Crippen molar-refractivity contribution in [3.05, 3.63) is 23.3 Å². The van der Waals surface area contributed by atoms with Gasteiger partial charge in [0, 0.05) is 12.6 Å². The zero-order valence-electron chi connectivity index (χ0n) is 10.9. The molecule has 4 heteroatoms. The van der Waals surface area contributed by atoms with E-state index in [0.29, 0.717) is 0 Å². The summed E-state index contributed by atoms with van der Waals surface area (Å²) in [7, 11) is 5.46. The number of ether oxygens (including phenoxy) is 2. The molecule has 0 aromatic heterocycles. The van der Waals surface area contributed by atoms with Crippen molar-refractivity contribution in [1.82, 2.24) is 4.90 Å². The number of benzene rings is 1. The first-order valence-corrected chi connectivity index (χ1v) is 6.70. The van der Waals surface area contributed by atoms with E-state index in [1.165, 1.54) is 11.1 Å². The summed E-state index contributed by atoms with van der Waals surface area (Å²) in [6.45, 7) is 3.09. The highest BCUT2D eigenvalue weighted by Gasteiger charge is 2.10. The summed E-state index contributed by atoms with van der Waals surface area (Å²) in [5, 5.41) is 0. The van der Waals surface area contributed by atoms with Gasteiger partial charge in [-0.05, 0) is 37.6 Å². The van der Waals surface area contributed by atoms with Gasteiger partial charge in [-0.25, -0.2) is 0 Å². The molecule has 0 aliphatic carbocycles. The average molecular weight is 302 g/mol. The lowest BCUT2D eigenvalue weighted by Crippen LogP contribution is -2.19. The topological polar surface area (TPSA) is 21.7 Å². The third-order valence-corrected chi connectivity index (χ3v) is 3.66. The highest BCUT2D eigenvalue weighted by Crippen LogP contribution is 2.28. The Balaban J connectivity index is 2.89. The summed E-state index contributed by atoms with van der Waals surface area (Å²) in [6.07, 6.45) is 0.973. The van der Waals surface area contributed by atoms with Crippen LogP contribution in [-0.4, -0.2) is 38.2 Å². The SMILES string of the molecule is COc1cc(C)c(CCN(C)CBr)c(OC)c1. The van der Waals surface area contributed by atoms with Crippen LogP contribution in [0.15, 0.2) is 12.1 Å². The summed E-state index contributed by atoms with van der Waals surface area (Å²) in [5.74, 6) is 1.75. The fraction of sp³-hybridized carbons (Fsp3) is 0.538. The molecule has 3 nitrogen and oxygen atoms in total. The molecule has 0 bridgehead atoms. The number of likely N-dealkylation sites (N-methyl/N-ethyl adjacent to an activating group) is 1. The first-order chi connectivity index (χ1) is 8.12. The first kappa shape index (κ1) is 14.3. The molecule has 0 unspecified atom stereocenters. The van der Waals surface area contributed by atoms with Crippen LogP contribution in [0, 0.1) is 6.92 Å². The van der Waals surface area contributed by atoms with E-state index in [9.17, 15) is 0 Å². The first-order valence-electron chi connectivity index (χ1n) is 5.58. The van der Waals surface area contributed by atoms with E-state index in [0.717, 1.165) is 29.9 Å². The minimum absolute atomic E-state index is 0.844. The van der Waals surface area contributed by atoms with Crippen LogP contribution >= 0.6 is 15.9 Å². The Kier molecular flexibility index (Phi) is 5.78. The van der Waals surface area contributed by atoms with Crippen LogP contribution in [0.25, 0.3) is 0 Å². The van der Waals surface area contributed by atoms with Crippen LogP contribution in [0.5, 0.6) is 11.5 Å². The molecule has 0 atom stereocenters. The normalized spacial score (nSPS) is 10.7. The largest absolute Gasteiger partial charge is 0.497 e. The van der Waals surface area contributed by atoms with Gasteiger partial charge in [-0.2, -0.15) is 0 Å². The van der Waals surface area contributed by atoms with Gasteiger partial charge in [-0.15, -0.1) is 0 Å². The maximum absolute atomic E-state index is 5.42. The molecule has 0 saturated heterocycles. The van der Waals surface area contributed by atoms with Crippen molar-refractivity contribution >= 4 is 15.9 Å². The number of hydrogen-bond donors (Lipinski definition) is 0. The minimum atomic E-state index is 0.844. The summed E-state index contributed by atoms with van der Waals surface area (Å²) < 4.78 is 10.7. The van der Waals surface area contributed by atoms with Gasteiger partial charge < -0.3 is 9.47 Å². The van der Waals surface area contributed by atoms with Crippen molar-refractivity contribution in [2.75, 3.05) is 33.3 Å². The van der Waals surface area contributed by atoms with Gasteiger partial charge in [-0.1, -0.05) is 15.9 Å². The standard InChI is InChI=1S/C13H20BrNO2/c1-10-7-11(16-3)8-13(17-4)12(10)5-6-15(2)9-14/h7-8H,5-6,9H2,1-4H3. The average Bonchev–Trinajstić information content (AvgIpc) is 2.35. The van der Waals surface area contributed by atoms with Gasteiger partial charge in [0.2, 0.25) is 0 Å². The lowest BCUT2D eigenvalue weighted by Gasteiger charge is -2.17. The molecular weight excluding hydrogens is 282 g/mol. The summed E-state index contributed by atoms with van der Waals surface area (Å²) in [6, 6.07) is 3.99. The van der Waals surface area contributed by atoms with Crippen LogP contribution in [0.3, 0.4) is 0 Å². The van der Waals surface area contributed by atoms with Crippen LogP contribution in [0.4, 0.5) is 0 Å². The van der Waals surface area contributed by atoms with E-state index >= 15 is 0 Å². The van der Waals surface area contributed by atoms with E-state index in [4.69, 9.17) is 9.47 Å². The molecule has 0 radical (unpaired) electrons. The van der Waals surface area contributed by atoms with Gasteiger partial charge in [0.25, 0.3) is 0 Å². The second-order valence-corrected chi connectivity index (χ2v) is 4.58. The van der Waals surface area contributed by atoms with Crippen molar-refractivity contribution in [3.63, 3.8) is 0 Å². The molecule has 0 aliphatic heterocycles. The molecule has 1 rings (SSSR count). The molecule has 0 spiro atoms. The zero-order chi connectivity index (χ0) is 12.8. The number of alkyl halides is 1. The minimum Gasteiger partial charge on any atom is -0.497 e. The second kappa shape index (κ2) is 6.87. The molecule has 0 heterocycles. The van der Waals surface area contributed by atoms with Crippen LogP contribution < -0.4 is 9.47 Å². The number of rotatable bonds is 6. The molecule has 0 amide bonds. The molecular formula is C13H20BrNO2. The maximum Gasteiger partial charge on any atom is 0.126 e. The fourth-order valence-corrected chi connectivity index (χ4v) is 1.99. The highest BCUT2D eigenvalue weighted by atomic mass is 79.9. The quantitative estimate of drug-likeness (QED) is 0.596. The van der Waals surface area contributed by atoms with Crippen molar-refractivity contribution in [2.24, 2.45) is 0 Å². The fourth-order valence-electron chi connectivity index (χ4n) is 1.74. The number of nitrogens with zero attached hydrogens (tertiary/aromatic N) is 1. The maximum atomic E-state index is 5.42. The monoisotopic (exact) mass is 301 g/mol. The third-order valence-electron chi connectivity index (χ3n) is 2.81. The Morgan fingerprint density at radius 1 is 1.24 bits per heavy atom. The Morgan fingerprint density at radius 2 is 1.94 bits per heavy atom. The lowest BCUT2D eigenvalue weighted by molar-refractivity contribution is 0.378. The van der Waals surface area contributed by atoms with E-state index in [-0.39, 0.29) is 0 Å². The zero-order valence-corrected chi connectivity index (χ0v) is 12.5. The Bertz CT molecular complexity index is 369. The molecule has 1 aromatic carbocycles. The summed E-state index contributed by atoms with van der Waals surface area (Å²) in [5.41, 5.74) is 3.34. The molecule has 0 fully saturated rings. The smallest absolute Gasteiger partial charge is 0.126 e. The molecule has 17 heavy (non-hydrogen) atoms. The Morgan fingerprint density at radius 3 is 2.47 bits per heavy atom. The van der Waals surface area contributed by atoms with Gasteiger partial charge in [0.15, 0.2) is 0 Å². The summed E-state index contributed by atoms with van der Waals surface area (Å²) in [4.78, 5) is 2.21. The van der Waals surface area contributed by atoms with Crippen molar-refractivity contribution in [3.8, 4) is 11.5 Å². The third kappa shape index (κ3) is 3.89. The van der Waals surface area contributed by atoms with E-state index < -0.39 is 0 Å². The summed E-state index contributed by atoms with van der Waals surface area (Å²) >= 11 is 3.44. The van der Waals surface area contributed by atoms with Crippen molar-refractivity contribution in [2.45, 2.75) is 13.3 Å². The van der Waals surface area contributed by atoms with Gasteiger partial charge in [0.1, 0.15) is 11.5 Å². The van der Waals surface area contributed by atoms with E-state index in [2.05, 4.69) is 34.8 Å². The Hall–Kier alpha value is -0.740. The molecule has 1 aromatic rings. The predicted octanol–water partition coefficient (Wildman–Crippen LogP) is 2.84. The van der Waals surface area contributed by atoms with Gasteiger partial charge in [0.05, 0.1) is 19.7 Å².